The van der Waals surface area contributed by atoms with Crippen LogP contribution in [0.15, 0.2) is 12.1 Å². The van der Waals surface area contributed by atoms with E-state index in [0.29, 0.717) is 6.07 Å². The van der Waals surface area contributed by atoms with Crippen molar-refractivity contribution in [3.8, 4) is 0 Å². The Morgan fingerprint density at radius 3 is 1.81 bits per heavy atom. The van der Waals surface area contributed by atoms with Gasteiger partial charge in [-0.05, 0) is 29.9 Å². The van der Waals surface area contributed by atoms with Gasteiger partial charge in [-0.2, -0.15) is 26.3 Å². The maximum absolute atomic E-state index is 12.4. The molecule has 1 unspecified atom stereocenters. The molecule has 1 aromatic rings. The summed E-state index contributed by atoms with van der Waals surface area (Å²) in [6.45, 7) is 1.20. The second kappa shape index (κ2) is 3.91. The van der Waals surface area contributed by atoms with E-state index in [1.165, 1.54) is 6.92 Å². The lowest BCUT2D eigenvalue weighted by Crippen LogP contribution is -2.19. The smallest absolute Gasteiger partial charge is 0.166 e. The number of aryl methyl sites for hydroxylation is 1. The standard InChI is InChI=1S/C9H7F6P/c1-4-2-5(8(10,11)12)3-6(7(4)16)9(13,14)15/h2-3H,16H2,1H3. The molecule has 1 aromatic carbocycles. The number of benzene rings is 1. The highest BCUT2D eigenvalue weighted by atomic mass is 31.0. The summed E-state index contributed by atoms with van der Waals surface area (Å²) in [5, 5.41) is -0.263. The largest absolute Gasteiger partial charge is 0.417 e. The lowest BCUT2D eigenvalue weighted by molar-refractivity contribution is -0.142. The van der Waals surface area contributed by atoms with E-state index in [1.807, 2.05) is 9.24 Å². The van der Waals surface area contributed by atoms with Crippen LogP contribution in [0.1, 0.15) is 16.7 Å². The second-order valence-corrected chi connectivity index (χ2v) is 3.83. The molecule has 0 saturated heterocycles. The fourth-order valence-corrected chi connectivity index (χ4v) is 1.53. The quantitative estimate of drug-likeness (QED) is 0.494. The molecule has 0 amide bonds. The van der Waals surface area contributed by atoms with E-state index in [1.54, 1.807) is 0 Å². The molecule has 0 bridgehead atoms. The Hall–Kier alpha value is -0.770. The molecule has 0 aliphatic heterocycles. The van der Waals surface area contributed by atoms with E-state index in [4.69, 9.17) is 0 Å². The van der Waals surface area contributed by atoms with Crippen molar-refractivity contribution >= 4 is 14.5 Å². The second-order valence-electron chi connectivity index (χ2n) is 3.25. The molecule has 0 aliphatic rings. The van der Waals surface area contributed by atoms with Crippen LogP contribution in [-0.4, -0.2) is 0 Å². The van der Waals surface area contributed by atoms with Crippen LogP contribution in [0.3, 0.4) is 0 Å². The summed E-state index contributed by atoms with van der Waals surface area (Å²) in [7, 11) is 1.81. The van der Waals surface area contributed by atoms with E-state index in [9.17, 15) is 26.3 Å². The molecular weight excluding hydrogens is 253 g/mol. The maximum Gasteiger partial charge on any atom is 0.417 e. The van der Waals surface area contributed by atoms with Crippen molar-refractivity contribution in [3.05, 3.63) is 28.8 Å². The van der Waals surface area contributed by atoms with Crippen LogP contribution in [0.4, 0.5) is 26.3 Å². The van der Waals surface area contributed by atoms with Gasteiger partial charge < -0.3 is 0 Å². The molecule has 0 spiro atoms. The Bertz CT molecular complexity index is 404. The Kier molecular flexibility index (Phi) is 3.25. The minimum atomic E-state index is -4.79. The van der Waals surface area contributed by atoms with E-state index in [-0.39, 0.29) is 16.9 Å². The number of rotatable bonds is 0. The van der Waals surface area contributed by atoms with Crippen molar-refractivity contribution in [2.24, 2.45) is 0 Å². The first-order valence-electron chi connectivity index (χ1n) is 4.08. The van der Waals surface area contributed by atoms with Gasteiger partial charge in [-0.25, -0.2) is 0 Å². The third-order valence-electron chi connectivity index (χ3n) is 2.02. The molecule has 1 rings (SSSR count). The molecule has 0 saturated carbocycles. The zero-order valence-corrected chi connectivity index (χ0v) is 9.15. The predicted molar refractivity (Wildman–Crippen MR) is 50.5 cm³/mol. The highest BCUT2D eigenvalue weighted by Gasteiger charge is 2.38. The van der Waals surface area contributed by atoms with Crippen LogP contribution in [-0.2, 0) is 12.4 Å². The van der Waals surface area contributed by atoms with Gasteiger partial charge in [-0.15, -0.1) is 9.24 Å². The number of alkyl halides is 6. The van der Waals surface area contributed by atoms with Crippen molar-refractivity contribution in [1.29, 1.82) is 0 Å². The summed E-state index contributed by atoms with van der Waals surface area (Å²) in [6, 6.07) is 0.812. The molecule has 16 heavy (non-hydrogen) atoms. The van der Waals surface area contributed by atoms with E-state index in [0.717, 1.165) is 0 Å². The third-order valence-corrected chi connectivity index (χ3v) is 2.79. The van der Waals surface area contributed by atoms with E-state index >= 15 is 0 Å². The highest BCUT2D eigenvalue weighted by Crippen LogP contribution is 2.35. The van der Waals surface area contributed by atoms with Crippen LogP contribution < -0.4 is 5.30 Å². The van der Waals surface area contributed by atoms with Crippen LogP contribution in [0.2, 0.25) is 0 Å². The van der Waals surface area contributed by atoms with Crippen molar-refractivity contribution < 1.29 is 26.3 Å². The van der Waals surface area contributed by atoms with E-state index < -0.39 is 23.5 Å². The topological polar surface area (TPSA) is 0 Å². The maximum atomic E-state index is 12.4. The number of hydrogen-bond donors (Lipinski definition) is 0. The Balaban J connectivity index is 3.46. The zero-order chi connectivity index (χ0) is 12.7. The van der Waals surface area contributed by atoms with Crippen molar-refractivity contribution in [2.75, 3.05) is 0 Å². The Morgan fingerprint density at radius 2 is 1.44 bits per heavy atom. The molecule has 1 atom stereocenters. The fourth-order valence-electron chi connectivity index (χ4n) is 1.20. The van der Waals surface area contributed by atoms with Gasteiger partial charge in [0.2, 0.25) is 0 Å². The zero-order valence-electron chi connectivity index (χ0n) is 8.00. The lowest BCUT2D eigenvalue weighted by atomic mass is 10.1. The van der Waals surface area contributed by atoms with Gasteiger partial charge in [0, 0.05) is 0 Å². The molecule has 0 N–H and O–H groups in total. The normalized spacial score (nSPS) is 13.0. The van der Waals surface area contributed by atoms with Gasteiger partial charge in [-0.1, -0.05) is 0 Å². The van der Waals surface area contributed by atoms with Gasteiger partial charge in [0.05, 0.1) is 11.1 Å². The lowest BCUT2D eigenvalue weighted by Gasteiger charge is -2.15. The molecule has 0 heterocycles. The van der Waals surface area contributed by atoms with Crippen LogP contribution in [0.5, 0.6) is 0 Å². The van der Waals surface area contributed by atoms with Crippen molar-refractivity contribution in [2.45, 2.75) is 19.3 Å². The Morgan fingerprint density at radius 1 is 0.938 bits per heavy atom. The summed E-state index contributed by atoms with van der Waals surface area (Å²) < 4.78 is 74.1. The van der Waals surface area contributed by atoms with Crippen molar-refractivity contribution in [1.82, 2.24) is 0 Å². The summed E-state index contributed by atoms with van der Waals surface area (Å²) in [4.78, 5) is 0. The monoisotopic (exact) mass is 260 g/mol. The summed E-state index contributed by atoms with van der Waals surface area (Å²) >= 11 is 0. The number of hydrogen-bond acceptors (Lipinski definition) is 0. The van der Waals surface area contributed by atoms with Gasteiger partial charge in [0.1, 0.15) is 0 Å². The molecule has 0 aromatic heterocycles. The third kappa shape index (κ3) is 2.67. The van der Waals surface area contributed by atoms with Gasteiger partial charge in [-0.3, -0.25) is 0 Å². The Labute approximate surface area is 89.8 Å². The summed E-state index contributed by atoms with van der Waals surface area (Å²) in [5.74, 6) is 0. The average Bonchev–Trinajstić information content (AvgIpc) is 2.05. The fraction of sp³-hybridized carbons (Fsp3) is 0.333. The van der Waals surface area contributed by atoms with Crippen LogP contribution >= 0.6 is 9.24 Å². The minimum Gasteiger partial charge on any atom is -0.166 e. The van der Waals surface area contributed by atoms with Crippen LogP contribution in [0.25, 0.3) is 0 Å². The molecule has 0 radical (unpaired) electrons. The van der Waals surface area contributed by atoms with Crippen molar-refractivity contribution in [3.63, 3.8) is 0 Å². The van der Waals surface area contributed by atoms with Gasteiger partial charge in [0.25, 0.3) is 0 Å². The molecule has 90 valence electrons. The minimum absolute atomic E-state index is 0.0628. The summed E-state index contributed by atoms with van der Waals surface area (Å²) in [5.41, 5.74) is -2.62. The molecule has 0 aliphatic carbocycles. The molecular formula is C9H7F6P. The SMILES string of the molecule is Cc1cc(C(F)(F)F)cc(C(F)(F)F)c1P. The summed E-state index contributed by atoms with van der Waals surface area (Å²) in [6.07, 6.45) is -9.56. The number of halogens is 6. The van der Waals surface area contributed by atoms with Gasteiger partial charge in [0.15, 0.2) is 0 Å². The molecule has 0 nitrogen and oxygen atoms in total. The highest BCUT2D eigenvalue weighted by molar-refractivity contribution is 7.27. The van der Waals surface area contributed by atoms with Gasteiger partial charge >= 0.3 is 12.4 Å². The van der Waals surface area contributed by atoms with E-state index in [2.05, 4.69) is 0 Å². The first kappa shape index (κ1) is 13.3. The first-order chi connectivity index (χ1) is 7.03. The molecule has 0 fully saturated rings. The first-order valence-corrected chi connectivity index (χ1v) is 4.65. The predicted octanol–water partition coefficient (Wildman–Crippen LogP) is 3.53. The van der Waals surface area contributed by atoms with Crippen LogP contribution in [0, 0.1) is 6.92 Å². The average molecular weight is 260 g/mol. The molecule has 7 heteroatoms.